The van der Waals surface area contributed by atoms with Crippen LogP contribution in [0.5, 0.6) is 0 Å². The van der Waals surface area contributed by atoms with Crippen molar-refractivity contribution in [3.05, 3.63) is 47.7 Å². The first kappa shape index (κ1) is 12.4. The van der Waals surface area contributed by atoms with Crippen molar-refractivity contribution in [1.82, 2.24) is 4.98 Å². The Labute approximate surface area is 111 Å². The van der Waals surface area contributed by atoms with E-state index in [1.807, 2.05) is 18.2 Å². The number of benzene rings is 1. The number of anilines is 3. The molecule has 0 radical (unpaired) electrons. The Hall–Kier alpha value is -3.05. The Morgan fingerprint density at radius 3 is 2.53 bits per heavy atom. The number of aromatic nitrogens is 1. The summed E-state index contributed by atoms with van der Waals surface area (Å²) in [6.45, 7) is 0. The molecule has 5 nitrogen and oxygen atoms in total. The highest BCUT2D eigenvalue weighted by molar-refractivity contribution is 5.68. The van der Waals surface area contributed by atoms with E-state index in [9.17, 15) is 0 Å². The molecule has 0 atom stereocenters. The van der Waals surface area contributed by atoms with Crippen LogP contribution in [-0.2, 0) is 0 Å². The summed E-state index contributed by atoms with van der Waals surface area (Å²) in [7, 11) is 1.79. The third-order valence-corrected chi connectivity index (χ3v) is 2.75. The summed E-state index contributed by atoms with van der Waals surface area (Å²) in [4.78, 5) is 5.92. The van der Waals surface area contributed by atoms with Gasteiger partial charge in [-0.05, 0) is 24.3 Å². The number of para-hydroxylation sites is 1. The molecule has 0 unspecified atom stereocenters. The predicted molar refractivity (Wildman–Crippen MR) is 72.6 cm³/mol. The molecule has 2 N–H and O–H groups in total. The molecule has 2 rings (SSSR count). The van der Waals surface area contributed by atoms with Gasteiger partial charge in [-0.1, -0.05) is 12.1 Å². The topological polar surface area (TPSA) is 89.7 Å². The predicted octanol–water partition coefficient (Wildman–Crippen LogP) is 2.18. The van der Waals surface area contributed by atoms with Crippen molar-refractivity contribution in [2.24, 2.45) is 0 Å². The molecule has 1 heterocycles. The quantitative estimate of drug-likeness (QED) is 0.880. The number of nitriles is 2. The fraction of sp³-hybridized carbons (Fsp3) is 0.0714. The Bertz CT molecular complexity index is 694. The van der Waals surface area contributed by atoms with E-state index in [1.54, 1.807) is 36.2 Å². The second-order valence-corrected chi connectivity index (χ2v) is 3.91. The van der Waals surface area contributed by atoms with Crippen molar-refractivity contribution < 1.29 is 0 Å². The van der Waals surface area contributed by atoms with Gasteiger partial charge in [-0.15, -0.1) is 0 Å². The van der Waals surface area contributed by atoms with E-state index in [0.717, 1.165) is 5.69 Å². The van der Waals surface area contributed by atoms with E-state index in [1.165, 1.54) is 0 Å². The summed E-state index contributed by atoms with van der Waals surface area (Å²) in [5.74, 6) is 0.563. The maximum absolute atomic E-state index is 9.09. The molecule has 0 fully saturated rings. The van der Waals surface area contributed by atoms with Gasteiger partial charge in [0.1, 0.15) is 18.0 Å². The normalized spacial score (nSPS) is 9.42. The number of pyridine rings is 1. The van der Waals surface area contributed by atoms with E-state index in [0.29, 0.717) is 17.1 Å². The third-order valence-electron chi connectivity index (χ3n) is 2.75. The van der Waals surface area contributed by atoms with E-state index < -0.39 is 0 Å². The SMILES string of the molecule is CN(c1ccc(N)c(C#N)n1)c1ccccc1C#N. The number of nitrogens with zero attached hydrogens (tertiary/aromatic N) is 4. The van der Waals surface area contributed by atoms with Crippen molar-refractivity contribution >= 4 is 17.2 Å². The fourth-order valence-corrected chi connectivity index (χ4v) is 1.72. The van der Waals surface area contributed by atoms with Gasteiger partial charge in [-0.3, -0.25) is 0 Å². The van der Waals surface area contributed by atoms with Crippen molar-refractivity contribution in [1.29, 1.82) is 10.5 Å². The Balaban J connectivity index is 2.48. The maximum Gasteiger partial charge on any atom is 0.165 e. The molecule has 0 amide bonds. The van der Waals surface area contributed by atoms with Crippen LogP contribution in [0.1, 0.15) is 11.3 Å². The van der Waals surface area contributed by atoms with E-state index in [2.05, 4.69) is 11.1 Å². The van der Waals surface area contributed by atoms with E-state index in [4.69, 9.17) is 16.3 Å². The zero-order chi connectivity index (χ0) is 13.8. The number of hydrogen-bond acceptors (Lipinski definition) is 5. The van der Waals surface area contributed by atoms with Gasteiger partial charge in [0.15, 0.2) is 5.69 Å². The zero-order valence-electron chi connectivity index (χ0n) is 10.3. The van der Waals surface area contributed by atoms with Crippen molar-refractivity contribution in [2.75, 3.05) is 17.7 Å². The summed E-state index contributed by atoms with van der Waals surface area (Å²) in [6, 6.07) is 14.6. The molecule has 0 spiro atoms. The molecular formula is C14H11N5. The van der Waals surface area contributed by atoms with Crippen LogP contribution in [0.2, 0.25) is 0 Å². The average molecular weight is 249 g/mol. The number of rotatable bonds is 2. The molecule has 0 aliphatic rings. The van der Waals surface area contributed by atoms with Crippen LogP contribution in [0, 0.1) is 22.7 Å². The molecule has 5 heteroatoms. The summed E-state index contributed by atoms with van der Waals surface area (Å²) in [6.07, 6.45) is 0. The second-order valence-electron chi connectivity index (χ2n) is 3.91. The van der Waals surface area contributed by atoms with Crippen LogP contribution in [-0.4, -0.2) is 12.0 Å². The molecule has 2 aromatic rings. The van der Waals surface area contributed by atoms with Gasteiger partial charge in [-0.25, -0.2) is 4.98 Å². The molecule has 0 bridgehead atoms. The lowest BCUT2D eigenvalue weighted by Crippen LogP contribution is -2.13. The summed E-state index contributed by atoms with van der Waals surface area (Å²) in [5.41, 5.74) is 7.43. The first-order chi connectivity index (χ1) is 9.17. The minimum atomic E-state index is 0.179. The molecule has 92 valence electrons. The second kappa shape index (κ2) is 5.07. The number of hydrogen-bond donors (Lipinski definition) is 1. The third kappa shape index (κ3) is 2.31. The molecule has 0 aliphatic carbocycles. The van der Waals surface area contributed by atoms with Crippen LogP contribution in [0.3, 0.4) is 0 Å². The van der Waals surface area contributed by atoms with Gasteiger partial charge < -0.3 is 10.6 Å². The Kier molecular flexibility index (Phi) is 3.31. The van der Waals surface area contributed by atoms with Crippen LogP contribution >= 0.6 is 0 Å². The maximum atomic E-state index is 9.09. The fourth-order valence-electron chi connectivity index (χ4n) is 1.72. The summed E-state index contributed by atoms with van der Waals surface area (Å²) in [5, 5.41) is 18.0. The summed E-state index contributed by atoms with van der Waals surface area (Å²) < 4.78 is 0. The Morgan fingerprint density at radius 2 is 1.84 bits per heavy atom. The van der Waals surface area contributed by atoms with Gasteiger partial charge in [0.25, 0.3) is 0 Å². The van der Waals surface area contributed by atoms with Gasteiger partial charge >= 0.3 is 0 Å². The van der Waals surface area contributed by atoms with Crippen LogP contribution in [0.4, 0.5) is 17.2 Å². The molecule has 19 heavy (non-hydrogen) atoms. The number of nitrogen functional groups attached to an aromatic ring is 1. The molecule has 0 aliphatic heterocycles. The first-order valence-electron chi connectivity index (χ1n) is 5.57. The van der Waals surface area contributed by atoms with Crippen molar-refractivity contribution in [2.45, 2.75) is 0 Å². The summed E-state index contributed by atoms with van der Waals surface area (Å²) >= 11 is 0. The zero-order valence-corrected chi connectivity index (χ0v) is 10.3. The highest BCUT2D eigenvalue weighted by atomic mass is 15.2. The standard InChI is InChI=1S/C14H11N5/c1-19(13-5-3-2-4-10(13)8-15)14-7-6-11(17)12(9-16)18-14/h2-7H,17H2,1H3. The minimum Gasteiger partial charge on any atom is -0.396 e. The molecular weight excluding hydrogens is 238 g/mol. The van der Waals surface area contributed by atoms with Crippen LogP contribution in [0.25, 0.3) is 0 Å². The monoisotopic (exact) mass is 249 g/mol. The largest absolute Gasteiger partial charge is 0.396 e. The lowest BCUT2D eigenvalue weighted by Gasteiger charge is -2.19. The van der Waals surface area contributed by atoms with Gasteiger partial charge in [-0.2, -0.15) is 10.5 Å². The smallest absolute Gasteiger partial charge is 0.165 e. The van der Waals surface area contributed by atoms with E-state index >= 15 is 0 Å². The molecule has 0 saturated carbocycles. The van der Waals surface area contributed by atoms with Gasteiger partial charge in [0.2, 0.25) is 0 Å². The number of nitrogens with two attached hydrogens (primary N) is 1. The Morgan fingerprint density at radius 1 is 1.11 bits per heavy atom. The lowest BCUT2D eigenvalue weighted by molar-refractivity contribution is 1.11. The van der Waals surface area contributed by atoms with Crippen LogP contribution < -0.4 is 10.6 Å². The average Bonchev–Trinajstić information content (AvgIpc) is 2.47. The van der Waals surface area contributed by atoms with Crippen molar-refractivity contribution in [3.63, 3.8) is 0 Å². The first-order valence-corrected chi connectivity index (χ1v) is 5.57. The molecule has 1 aromatic carbocycles. The minimum absolute atomic E-state index is 0.179. The molecule has 1 aromatic heterocycles. The highest BCUT2D eigenvalue weighted by Gasteiger charge is 2.11. The van der Waals surface area contributed by atoms with Crippen molar-refractivity contribution in [3.8, 4) is 12.1 Å². The van der Waals surface area contributed by atoms with Gasteiger partial charge in [0.05, 0.1) is 16.9 Å². The van der Waals surface area contributed by atoms with Gasteiger partial charge in [0, 0.05) is 7.05 Å². The lowest BCUT2D eigenvalue weighted by atomic mass is 10.2. The van der Waals surface area contributed by atoms with Crippen LogP contribution in [0.15, 0.2) is 36.4 Å². The highest BCUT2D eigenvalue weighted by Crippen LogP contribution is 2.26. The van der Waals surface area contributed by atoms with E-state index in [-0.39, 0.29) is 5.69 Å². The molecule has 0 saturated heterocycles.